The number of nitrogens with zero attached hydrogens (tertiary/aromatic N) is 2. The first-order valence-electron chi connectivity index (χ1n) is 8.54. The maximum absolute atomic E-state index is 9.65. The summed E-state index contributed by atoms with van der Waals surface area (Å²) in [5.41, 5.74) is 12.4. The second-order valence-corrected chi connectivity index (χ2v) is 5.98. The Hall–Kier alpha value is -2.83. The Balaban J connectivity index is -0.000000334. The van der Waals surface area contributed by atoms with Crippen LogP contribution in [0.4, 0.5) is 5.69 Å². The van der Waals surface area contributed by atoms with Gasteiger partial charge in [-0.3, -0.25) is 21.4 Å². The monoisotopic (exact) mass is 492 g/mol. The van der Waals surface area contributed by atoms with Gasteiger partial charge in [0.2, 0.25) is 0 Å². The molecule has 9 nitrogen and oxygen atoms in total. The molecule has 5 N–H and O–H groups in total. The van der Waals surface area contributed by atoms with Gasteiger partial charge in [-0.1, -0.05) is 60.7 Å². The van der Waals surface area contributed by atoms with Crippen molar-refractivity contribution in [3.05, 3.63) is 99.0 Å². The third kappa shape index (κ3) is 20.2. The van der Waals surface area contributed by atoms with Crippen molar-refractivity contribution in [2.75, 3.05) is 0 Å². The van der Waals surface area contributed by atoms with Gasteiger partial charge in [-0.2, -0.15) is 4.90 Å². The molecule has 0 aromatic heterocycles. The Bertz CT molecular complexity index is 723. The maximum atomic E-state index is 9.65. The van der Waals surface area contributed by atoms with E-state index in [0.29, 0.717) is 17.1 Å². The summed E-state index contributed by atoms with van der Waals surface area (Å²) >= 11 is 4.81. The zero-order valence-corrected chi connectivity index (χ0v) is 19.5. The fourth-order valence-corrected chi connectivity index (χ4v) is 1.31. The van der Waals surface area contributed by atoms with Crippen LogP contribution in [-0.2, 0) is 29.4 Å². The van der Waals surface area contributed by atoms with E-state index in [9.17, 15) is 9.81 Å². The van der Waals surface area contributed by atoms with Crippen molar-refractivity contribution >= 4 is 18.3 Å². The molecule has 0 saturated heterocycles. The van der Waals surface area contributed by atoms with Gasteiger partial charge in [0, 0.05) is 0 Å². The van der Waals surface area contributed by atoms with E-state index >= 15 is 0 Å². The zero-order valence-electron chi connectivity index (χ0n) is 17.6. The van der Waals surface area contributed by atoms with E-state index in [1.54, 1.807) is 36.9 Å². The van der Waals surface area contributed by atoms with E-state index in [1.807, 2.05) is 48.5 Å². The van der Waals surface area contributed by atoms with Crippen molar-refractivity contribution in [1.29, 1.82) is 0 Å². The first kappa shape index (κ1) is 32.8. The van der Waals surface area contributed by atoms with Crippen molar-refractivity contribution in [3.8, 4) is 0 Å². The molecule has 0 aliphatic rings. The molecule has 0 atom stereocenters. The molecule has 11 heteroatoms. The van der Waals surface area contributed by atoms with Crippen LogP contribution in [-0.4, -0.2) is 10.4 Å². The molecular formula is C20H27CoN5O4S. The summed E-state index contributed by atoms with van der Waals surface area (Å²) in [4.78, 5) is 20.2. The van der Waals surface area contributed by atoms with Gasteiger partial charge in [0.15, 0.2) is 0 Å². The van der Waals surface area contributed by atoms with Crippen LogP contribution in [0, 0.1) is 9.81 Å². The fraction of sp³-hybridized carbons (Fsp3) is 0.200. The van der Waals surface area contributed by atoms with Crippen molar-refractivity contribution < 1.29 is 27.2 Å². The van der Waals surface area contributed by atoms with E-state index in [0.717, 1.165) is 4.90 Å². The van der Waals surface area contributed by atoms with Crippen LogP contribution in [0.2, 0.25) is 0 Å². The zero-order chi connectivity index (χ0) is 23.4. The van der Waals surface area contributed by atoms with Crippen molar-refractivity contribution in [2.24, 2.45) is 10.4 Å². The summed E-state index contributed by atoms with van der Waals surface area (Å²) in [6.07, 6.45) is 0. The number of hydrogen-bond donors (Lipinski definition) is 4. The van der Waals surface area contributed by atoms with Gasteiger partial charge < -0.3 is 18.4 Å². The Morgan fingerprint density at radius 2 is 1.10 bits per heavy atom. The first-order valence-corrected chi connectivity index (χ1v) is 8.94. The largest absolute Gasteiger partial charge is 2.00 e. The van der Waals surface area contributed by atoms with Crippen LogP contribution in [0.1, 0.15) is 27.7 Å². The molecule has 1 radical (unpaired) electrons. The maximum Gasteiger partial charge on any atom is 2.00 e. The van der Waals surface area contributed by atoms with Crippen molar-refractivity contribution in [1.82, 2.24) is 11.0 Å². The molecule has 2 aromatic carbocycles. The van der Waals surface area contributed by atoms with Gasteiger partial charge in [-0.05, 0) is 38.0 Å². The predicted molar refractivity (Wildman–Crippen MR) is 121 cm³/mol. The van der Waals surface area contributed by atoms with Crippen LogP contribution in [0.3, 0.4) is 0 Å². The van der Waals surface area contributed by atoms with Crippen LogP contribution in [0.15, 0.2) is 98.7 Å². The molecule has 0 unspecified atom stereocenters. The van der Waals surface area contributed by atoms with Gasteiger partial charge in [0.05, 0.1) is 11.4 Å². The molecule has 2 aromatic rings. The number of nitrogens with one attached hydrogen (secondary N) is 3. The van der Waals surface area contributed by atoms with Crippen LogP contribution < -0.4 is 11.0 Å². The summed E-state index contributed by atoms with van der Waals surface area (Å²) in [7, 11) is 0. The normalized spacial score (nSPS) is 10.3. The van der Waals surface area contributed by atoms with Gasteiger partial charge in [0.1, 0.15) is 11.4 Å². The van der Waals surface area contributed by atoms with E-state index in [4.69, 9.17) is 28.8 Å². The predicted octanol–water partition coefficient (Wildman–Crippen LogP) is 5.93. The summed E-state index contributed by atoms with van der Waals surface area (Å²) < 4.78 is 0. The molecule has 0 aliphatic heterocycles. The topological polar surface area (TPSA) is 147 Å². The number of benzene rings is 2. The molecule has 171 valence electrons. The van der Waals surface area contributed by atoms with Crippen molar-refractivity contribution in [2.45, 2.75) is 32.6 Å². The van der Waals surface area contributed by atoms with Gasteiger partial charge in [0.25, 0.3) is 0 Å². The molecule has 31 heavy (non-hydrogen) atoms. The molecule has 2 rings (SSSR count). The van der Waals surface area contributed by atoms with E-state index in [1.165, 1.54) is 13.8 Å². The van der Waals surface area contributed by atoms with Crippen LogP contribution in [0.5, 0.6) is 0 Å². The summed E-state index contributed by atoms with van der Waals surface area (Å²) in [5, 5.41) is 21.4. The summed E-state index contributed by atoms with van der Waals surface area (Å²) in [6, 6.07) is 18.7. The SMILES string of the molecule is C/C(N=O)=C(\C)NO.C/C(N=O)=C(\C)NO.[Co+2].[NH-]c1ccccc1.[S-]c1ccccc1. The molecular weight excluding hydrogens is 465 g/mol. The van der Waals surface area contributed by atoms with E-state index in [-0.39, 0.29) is 28.2 Å². The average molecular weight is 492 g/mol. The average Bonchev–Trinajstić information content (AvgIpc) is 2.79. The number of rotatable bonds is 4. The minimum Gasteiger partial charge on any atom is -0.780 e. The quantitative estimate of drug-likeness (QED) is 0.235. The molecule has 0 bridgehead atoms. The Kier molecular flexibility index (Phi) is 23.1. The third-order valence-corrected chi connectivity index (χ3v) is 3.48. The minimum atomic E-state index is 0. The fourth-order valence-electron chi connectivity index (χ4n) is 1.16. The van der Waals surface area contributed by atoms with Gasteiger partial charge in [-0.15, -0.1) is 15.5 Å². The molecule has 0 aliphatic carbocycles. The summed E-state index contributed by atoms with van der Waals surface area (Å²) in [6.45, 7) is 6.12. The molecule has 0 amide bonds. The first-order chi connectivity index (χ1) is 14.2. The van der Waals surface area contributed by atoms with Gasteiger partial charge >= 0.3 is 16.8 Å². The molecule has 0 spiro atoms. The van der Waals surface area contributed by atoms with E-state index < -0.39 is 0 Å². The Morgan fingerprint density at radius 1 is 0.774 bits per heavy atom. The standard InChI is InChI=1S/C6H6N.C6H6S.2C4H8N2O2.Co/c2*7-6-4-2-1-3-5-6;2*1-3(5-7)4(2)6-8;/h2*1-5,7H;2*5,7H,1-2H3;/q-1;;;;+2/p-1/b;;2*4-3-;. The second kappa shape index (κ2) is 21.9. The smallest absolute Gasteiger partial charge is 0.780 e. The molecule has 0 heterocycles. The van der Waals surface area contributed by atoms with E-state index in [2.05, 4.69) is 10.4 Å². The molecule has 0 fully saturated rings. The Morgan fingerprint density at radius 3 is 1.23 bits per heavy atom. The Labute approximate surface area is 198 Å². The molecule has 0 saturated carbocycles. The number of hydroxylamine groups is 2. The minimum absolute atomic E-state index is 0. The number of allylic oxidation sites excluding steroid dienone is 4. The third-order valence-electron chi connectivity index (χ3n) is 3.21. The number of hydrogen-bond acceptors (Lipinski definition) is 9. The number of nitroso groups, excluding NO2 is 2. The second-order valence-electron chi connectivity index (χ2n) is 5.51. The van der Waals surface area contributed by atoms with Gasteiger partial charge in [-0.25, -0.2) is 0 Å². The van der Waals surface area contributed by atoms with Crippen LogP contribution in [0.25, 0.3) is 5.73 Å². The van der Waals surface area contributed by atoms with Crippen LogP contribution >= 0.6 is 0 Å². The summed E-state index contributed by atoms with van der Waals surface area (Å²) in [5.74, 6) is 0. The van der Waals surface area contributed by atoms with Crippen molar-refractivity contribution in [3.63, 3.8) is 0 Å².